The highest BCUT2D eigenvalue weighted by molar-refractivity contribution is 5.78. The fourth-order valence-electron chi connectivity index (χ4n) is 2.06. The van der Waals surface area contributed by atoms with Crippen LogP contribution in [-0.4, -0.2) is 18.2 Å². The minimum absolute atomic E-state index is 0.0405. The Balaban J connectivity index is 2.22. The number of amides is 1. The van der Waals surface area contributed by atoms with Crippen LogP contribution in [0.1, 0.15) is 39.5 Å². The van der Waals surface area contributed by atoms with Crippen molar-refractivity contribution in [2.75, 3.05) is 6.54 Å². The van der Waals surface area contributed by atoms with Gasteiger partial charge in [-0.05, 0) is 38.5 Å². The first kappa shape index (κ1) is 11.2. The van der Waals surface area contributed by atoms with Gasteiger partial charge < -0.3 is 5.32 Å². The average molecular weight is 197 g/mol. The number of hydrogen-bond donors (Lipinski definition) is 1. The van der Waals surface area contributed by atoms with Crippen LogP contribution in [0.3, 0.4) is 0 Å². The number of nitrogens with one attached hydrogen (secondary N) is 1. The molecular weight excluding hydrogens is 178 g/mol. The van der Waals surface area contributed by atoms with Gasteiger partial charge in [-0.2, -0.15) is 0 Å². The molecule has 3 heteroatoms. The monoisotopic (exact) mass is 197 g/mol. The van der Waals surface area contributed by atoms with E-state index in [9.17, 15) is 9.59 Å². The van der Waals surface area contributed by atoms with E-state index >= 15 is 0 Å². The molecule has 14 heavy (non-hydrogen) atoms. The lowest BCUT2D eigenvalue weighted by Gasteiger charge is -2.26. The molecule has 0 unspecified atom stereocenters. The van der Waals surface area contributed by atoms with Crippen molar-refractivity contribution in [3.8, 4) is 0 Å². The molecule has 1 aliphatic rings. The predicted molar refractivity (Wildman–Crippen MR) is 54.8 cm³/mol. The summed E-state index contributed by atoms with van der Waals surface area (Å²) < 4.78 is 0. The van der Waals surface area contributed by atoms with Gasteiger partial charge in [0, 0.05) is 19.4 Å². The quantitative estimate of drug-likeness (QED) is 0.745. The van der Waals surface area contributed by atoms with Gasteiger partial charge in [0.1, 0.15) is 5.78 Å². The van der Waals surface area contributed by atoms with Crippen molar-refractivity contribution in [2.45, 2.75) is 39.5 Å². The molecule has 0 atom stereocenters. The first-order valence-electron chi connectivity index (χ1n) is 5.34. The molecule has 0 bridgehead atoms. The molecule has 1 amide bonds. The topological polar surface area (TPSA) is 46.2 Å². The normalized spacial score (nSPS) is 27.0. The van der Waals surface area contributed by atoms with E-state index in [0.717, 1.165) is 32.2 Å². The standard InChI is InChI=1S/C11H19NO2/c1-8(13)11-5-3-10(4-6-11)7-12-9(2)14/h10-11H,3-7H2,1-2H3,(H,12,14)/t10-,11-. The second-order valence-corrected chi connectivity index (χ2v) is 4.27. The van der Waals surface area contributed by atoms with Gasteiger partial charge in [0.15, 0.2) is 0 Å². The van der Waals surface area contributed by atoms with Crippen LogP contribution < -0.4 is 5.32 Å². The molecule has 0 spiro atoms. The van der Waals surface area contributed by atoms with Crippen LogP contribution in [0.5, 0.6) is 0 Å². The summed E-state index contributed by atoms with van der Waals surface area (Å²) in [5.74, 6) is 1.22. The van der Waals surface area contributed by atoms with E-state index in [1.807, 2.05) is 0 Å². The average Bonchev–Trinajstić information content (AvgIpc) is 2.15. The first-order valence-corrected chi connectivity index (χ1v) is 5.34. The fourth-order valence-corrected chi connectivity index (χ4v) is 2.06. The zero-order valence-electron chi connectivity index (χ0n) is 9.01. The van der Waals surface area contributed by atoms with Crippen molar-refractivity contribution in [3.05, 3.63) is 0 Å². The molecule has 1 fully saturated rings. The summed E-state index contributed by atoms with van der Waals surface area (Å²) >= 11 is 0. The lowest BCUT2D eigenvalue weighted by atomic mass is 9.80. The molecule has 1 rings (SSSR count). The molecule has 3 nitrogen and oxygen atoms in total. The van der Waals surface area contributed by atoms with Gasteiger partial charge in [-0.3, -0.25) is 9.59 Å². The number of carbonyl (C=O) groups excluding carboxylic acids is 2. The highest BCUT2D eigenvalue weighted by Crippen LogP contribution is 2.28. The molecule has 0 radical (unpaired) electrons. The summed E-state index contributed by atoms with van der Waals surface area (Å²) in [6.45, 7) is 4.00. The van der Waals surface area contributed by atoms with Crippen molar-refractivity contribution >= 4 is 11.7 Å². The van der Waals surface area contributed by atoms with E-state index in [4.69, 9.17) is 0 Å². The van der Waals surface area contributed by atoms with E-state index in [0.29, 0.717) is 11.7 Å². The Labute approximate surface area is 85.3 Å². The number of rotatable bonds is 3. The highest BCUT2D eigenvalue weighted by Gasteiger charge is 2.23. The molecule has 0 saturated heterocycles. The van der Waals surface area contributed by atoms with Crippen molar-refractivity contribution in [1.29, 1.82) is 0 Å². The largest absolute Gasteiger partial charge is 0.356 e. The Kier molecular flexibility index (Phi) is 4.11. The highest BCUT2D eigenvalue weighted by atomic mass is 16.1. The number of Topliss-reactive ketones (excluding diaryl/α,β-unsaturated/α-hetero) is 1. The van der Waals surface area contributed by atoms with Crippen LogP contribution in [-0.2, 0) is 9.59 Å². The maximum atomic E-state index is 11.1. The third-order valence-electron chi connectivity index (χ3n) is 3.06. The first-order chi connectivity index (χ1) is 6.59. The zero-order valence-corrected chi connectivity index (χ0v) is 9.01. The summed E-state index contributed by atoms with van der Waals surface area (Å²) in [5.41, 5.74) is 0. The molecule has 0 heterocycles. The Morgan fingerprint density at radius 1 is 1.14 bits per heavy atom. The van der Waals surface area contributed by atoms with Crippen LogP contribution in [0.25, 0.3) is 0 Å². The second kappa shape index (κ2) is 5.13. The molecule has 0 aliphatic heterocycles. The minimum atomic E-state index is 0.0405. The fraction of sp³-hybridized carbons (Fsp3) is 0.818. The van der Waals surface area contributed by atoms with Crippen molar-refractivity contribution in [3.63, 3.8) is 0 Å². The summed E-state index contributed by atoms with van der Waals surface area (Å²) in [4.78, 5) is 21.8. The van der Waals surface area contributed by atoms with Crippen LogP contribution in [0.15, 0.2) is 0 Å². The van der Waals surface area contributed by atoms with Gasteiger partial charge in [-0.25, -0.2) is 0 Å². The van der Waals surface area contributed by atoms with Crippen LogP contribution in [0, 0.1) is 11.8 Å². The predicted octanol–water partition coefficient (Wildman–Crippen LogP) is 1.52. The Bertz CT molecular complexity index is 217. The zero-order chi connectivity index (χ0) is 10.6. The minimum Gasteiger partial charge on any atom is -0.356 e. The van der Waals surface area contributed by atoms with Gasteiger partial charge >= 0.3 is 0 Å². The maximum Gasteiger partial charge on any atom is 0.216 e. The van der Waals surface area contributed by atoms with Crippen molar-refractivity contribution in [2.24, 2.45) is 11.8 Å². The molecule has 1 N–H and O–H groups in total. The number of carbonyl (C=O) groups is 2. The summed E-state index contributed by atoms with van der Waals surface area (Å²) in [6, 6.07) is 0. The number of ketones is 1. The lowest BCUT2D eigenvalue weighted by Crippen LogP contribution is -2.30. The third-order valence-corrected chi connectivity index (χ3v) is 3.06. The van der Waals surface area contributed by atoms with Gasteiger partial charge in [0.25, 0.3) is 0 Å². The van der Waals surface area contributed by atoms with E-state index in [1.54, 1.807) is 13.8 Å². The third kappa shape index (κ3) is 3.48. The Hall–Kier alpha value is -0.860. The molecule has 0 aromatic heterocycles. The van der Waals surface area contributed by atoms with Gasteiger partial charge in [0.05, 0.1) is 0 Å². The smallest absolute Gasteiger partial charge is 0.216 e. The number of hydrogen-bond acceptors (Lipinski definition) is 2. The summed E-state index contributed by atoms with van der Waals surface area (Å²) in [5, 5.41) is 2.84. The summed E-state index contributed by atoms with van der Waals surface area (Å²) in [7, 11) is 0. The Morgan fingerprint density at radius 3 is 2.14 bits per heavy atom. The second-order valence-electron chi connectivity index (χ2n) is 4.27. The van der Waals surface area contributed by atoms with Gasteiger partial charge in [-0.1, -0.05) is 0 Å². The van der Waals surface area contributed by atoms with E-state index in [2.05, 4.69) is 5.32 Å². The summed E-state index contributed by atoms with van der Waals surface area (Å²) in [6.07, 6.45) is 4.15. The van der Waals surface area contributed by atoms with Gasteiger partial charge in [0.2, 0.25) is 5.91 Å². The van der Waals surface area contributed by atoms with E-state index < -0.39 is 0 Å². The molecular formula is C11H19NO2. The molecule has 1 aliphatic carbocycles. The maximum absolute atomic E-state index is 11.1. The van der Waals surface area contributed by atoms with Gasteiger partial charge in [-0.15, -0.1) is 0 Å². The molecule has 80 valence electrons. The molecule has 1 saturated carbocycles. The Morgan fingerprint density at radius 2 is 1.71 bits per heavy atom. The van der Waals surface area contributed by atoms with Crippen molar-refractivity contribution < 1.29 is 9.59 Å². The lowest BCUT2D eigenvalue weighted by molar-refractivity contribution is -0.122. The van der Waals surface area contributed by atoms with Crippen molar-refractivity contribution in [1.82, 2.24) is 5.32 Å². The van der Waals surface area contributed by atoms with E-state index in [-0.39, 0.29) is 11.8 Å². The van der Waals surface area contributed by atoms with Crippen LogP contribution in [0.4, 0.5) is 0 Å². The molecule has 0 aromatic rings. The van der Waals surface area contributed by atoms with Crippen LogP contribution in [0.2, 0.25) is 0 Å². The van der Waals surface area contributed by atoms with E-state index in [1.165, 1.54) is 0 Å². The molecule has 0 aromatic carbocycles. The van der Waals surface area contributed by atoms with Crippen LogP contribution >= 0.6 is 0 Å². The SMILES string of the molecule is CC(=O)NC[C@H]1CC[C@H](C(C)=O)CC1.